The first-order chi connectivity index (χ1) is 9.94. The molecule has 2 fully saturated rings. The van der Waals surface area contributed by atoms with Gasteiger partial charge in [-0.05, 0) is 12.1 Å². The minimum absolute atomic E-state index is 0.0167. The highest BCUT2D eigenvalue weighted by atomic mass is 35.5. The Balaban J connectivity index is 1.71. The Hall–Kier alpha value is -0.690. The summed E-state index contributed by atoms with van der Waals surface area (Å²) in [6.45, 7) is 3.31. The van der Waals surface area contributed by atoms with Crippen LogP contribution in [0, 0.1) is 5.82 Å². The number of hydrogen-bond acceptors (Lipinski definition) is 4. The second-order valence-corrected chi connectivity index (χ2v) is 8.38. The van der Waals surface area contributed by atoms with Crippen LogP contribution in [0.5, 0.6) is 0 Å². The van der Waals surface area contributed by atoms with Crippen molar-refractivity contribution < 1.29 is 12.8 Å². The lowest BCUT2D eigenvalue weighted by Crippen LogP contribution is -2.59. The van der Waals surface area contributed by atoms with Crippen molar-refractivity contribution in [1.82, 2.24) is 9.80 Å². The fourth-order valence-electron chi connectivity index (χ4n) is 3.09. The molecular weight excluding hydrogens is 315 g/mol. The summed E-state index contributed by atoms with van der Waals surface area (Å²) < 4.78 is 37.3. The summed E-state index contributed by atoms with van der Waals surface area (Å²) in [4.78, 5) is 4.31. The molecule has 2 aliphatic heterocycles. The number of benzene rings is 1. The Bertz CT molecular complexity index is 618. The van der Waals surface area contributed by atoms with Gasteiger partial charge in [0.2, 0.25) is 0 Å². The molecular formula is C14H18ClFN2O2S. The normalized spacial score (nSPS) is 26.5. The Morgan fingerprint density at radius 3 is 2.86 bits per heavy atom. The average molecular weight is 333 g/mol. The van der Waals surface area contributed by atoms with Gasteiger partial charge in [-0.1, -0.05) is 17.7 Å². The van der Waals surface area contributed by atoms with Gasteiger partial charge in [0.25, 0.3) is 0 Å². The van der Waals surface area contributed by atoms with Crippen molar-refractivity contribution in [2.75, 3.05) is 37.7 Å². The van der Waals surface area contributed by atoms with Crippen molar-refractivity contribution in [3.8, 4) is 0 Å². The zero-order valence-electron chi connectivity index (χ0n) is 11.6. The zero-order valence-corrected chi connectivity index (χ0v) is 13.2. The Morgan fingerprint density at radius 2 is 2.10 bits per heavy atom. The second-order valence-electron chi connectivity index (χ2n) is 5.74. The molecule has 116 valence electrons. The number of piperazine rings is 1. The standard InChI is InChI=1S/C14H18ClFN2O2S/c15-13-2-1-3-14(16)12(13)9-17-4-5-18-6-7-21(19,20)10-11(18)8-17/h1-3,11H,4-10H2/t11-/m0/s1. The van der Waals surface area contributed by atoms with Crippen molar-refractivity contribution in [3.63, 3.8) is 0 Å². The number of sulfone groups is 1. The van der Waals surface area contributed by atoms with E-state index in [4.69, 9.17) is 11.6 Å². The van der Waals surface area contributed by atoms with Gasteiger partial charge in [0.05, 0.1) is 11.5 Å². The first kappa shape index (κ1) is 15.2. The molecule has 0 bridgehead atoms. The summed E-state index contributed by atoms with van der Waals surface area (Å²) >= 11 is 6.06. The fraction of sp³-hybridized carbons (Fsp3) is 0.571. The first-order valence-electron chi connectivity index (χ1n) is 7.04. The van der Waals surface area contributed by atoms with Crippen LogP contribution in [0.1, 0.15) is 5.56 Å². The number of halogens is 2. The van der Waals surface area contributed by atoms with Gasteiger partial charge in [0.15, 0.2) is 9.84 Å². The van der Waals surface area contributed by atoms with Crippen LogP contribution in [0.15, 0.2) is 18.2 Å². The van der Waals surface area contributed by atoms with Crippen molar-refractivity contribution in [2.45, 2.75) is 12.6 Å². The maximum absolute atomic E-state index is 13.8. The van der Waals surface area contributed by atoms with E-state index >= 15 is 0 Å². The molecule has 4 nitrogen and oxygen atoms in total. The van der Waals surface area contributed by atoms with Gasteiger partial charge in [0, 0.05) is 49.4 Å². The quantitative estimate of drug-likeness (QED) is 0.821. The minimum atomic E-state index is -2.93. The van der Waals surface area contributed by atoms with E-state index in [0.29, 0.717) is 30.2 Å². The van der Waals surface area contributed by atoms with E-state index in [1.54, 1.807) is 12.1 Å². The van der Waals surface area contributed by atoms with Crippen LogP contribution < -0.4 is 0 Å². The third kappa shape index (κ3) is 3.39. The molecule has 0 amide bonds. The molecule has 7 heteroatoms. The summed E-state index contributed by atoms with van der Waals surface area (Å²) in [5.74, 6) is 0.151. The van der Waals surface area contributed by atoms with Crippen LogP contribution >= 0.6 is 11.6 Å². The SMILES string of the molecule is O=S1(=O)CCN2CCN(Cc3c(F)cccc3Cl)C[C@H]2C1. The molecule has 21 heavy (non-hydrogen) atoms. The molecule has 0 aromatic heterocycles. The maximum Gasteiger partial charge on any atom is 0.153 e. The molecule has 0 aliphatic carbocycles. The third-order valence-electron chi connectivity index (χ3n) is 4.27. The van der Waals surface area contributed by atoms with Gasteiger partial charge in [0.1, 0.15) is 5.82 Å². The lowest BCUT2D eigenvalue weighted by molar-refractivity contribution is 0.0804. The summed E-state index contributed by atoms with van der Waals surface area (Å²) in [7, 11) is -2.93. The van der Waals surface area contributed by atoms with Gasteiger partial charge in [-0.25, -0.2) is 12.8 Å². The topological polar surface area (TPSA) is 40.6 Å². The second kappa shape index (κ2) is 5.83. The minimum Gasteiger partial charge on any atom is -0.296 e. The molecule has 2 heterocycles. The molecule has 1 atom stereocenters. The van der Waals surface area contributed by atoms with Gasteiger partial charge >= 0.3 is 0 Å². The van der Waals surface area contributed by atoms with Crippen LogP contribution in [0.25, 0.3) is 0 Å². The highest BCUT2D eigenvalue weighted by Gasteiger charge is 2.35. The van der Waals surface area contributed by atoms with E-state index in [1.165, 1.54) is 6.07 Å². The van der Waals surface area contributed by atoms with E-state index in [1.807, 2.05) is 0 Å². The van der Waals surface area contributed by atoms with Crippen molar-refractivity contribution in [1.29, 1.82) is 0 Å². The summed E-state index contributed by atoms with van der Waals surface area (Å²) in [5.41, 5.74) is 0.492. The van der Waals surface area contributed by atoms with Gasteiger partial charge in [-0.3, -0.25) is 9.80 Å². The van der Waals surface area contributed by atoms with Crippen LogP contribution in [0.3, 0.4) is 0 Å². The highest BCUT2D eigenvalue weighted by Crippen LogP contribution is 2.23. The van der Waals surface area contributed by atoms with Crippen LogP contribution in [-0.2, 0) is 16.4 Å². The van der Waals surface area contributed by atoms with Crippen LogP contribution in [0.4, 0.5) is 4.39 Å². The summed E-state index contributed by atoms with van der Waals surface area (Å²) in [6.07, 6.45) is 0. The molecule has 3 rings (SSSR count). The smallest absolute Gasteiger partial charge is 0.153 e. The Morgan fingerprint density at radius 1 is 1.29 bits per heavy atom. The summed E-state index contributed by atoms with van der Waals surface area (Å²) in [5, 5.41) is 0.425. The van der Waals surface area contributed by atoms with Crippen molar-refractivity contribution >= 4 is 21.4 Å². The highest BCUT2D eigenvalue weighted by molar-refractivity contribution is 7.91. The van der Waals surface area contributed by atoms with E-state index in [-0.39, 0.29) is 23.4 Å². The zero-order chi connectivity index (χ0) is 15.0. The number of nitrogens with zero attached hydrogens (tertiary/aromatic N) is 2. The van der Waals surface area contributed by atoms with Crippen LogP contribution in [-0.4, -0.2) is 61.9 Å². The van der Waals surface area contributed by atoms with Crippen LogP contribution in [0.2, 0.25) is 5.02 Å². The average Bonchev–Trinajstić information content (AvgIpc) is 2.41. The molecule has 0 unspecified atom stereocenters. The molecule has 1 aromatic rings. The molecule has 0 N–H and O–H groups in total. The lowest BCUT2D eigenvalue weighted by Gasteiger charge is -2.43. The Kier molecular flexibility index (Phi) is 4.23. The summed E-state index contributed by atoms with van der Waals surface area (Å²) in [6, 6.07) is 4.69. The third-order valence-corrected chi connectivity index (χ3v) is 6.32. The van der Waals surface area contributed by atoms with Crippen molar-refractivity contribution in [3.05, 3.63) is 34.6 Å². The van der Waals surface area contributed by atoms with E-state index < -0.39 is 9.84 Å². The van der Waals surface area contributed by atoms with Gasteiger partial charge in [-0.2, -0.15) is 0 Å². The molecule has 0 saturated carbocycles. The predicted octanol–water partition coefficient (Wildman–Crippen LogP) is 1.39. The molecule has 2 saturated heterocycles. The largest absolute Gasteiger partial charge is 0.296 e. The van der Waals surface area contributed by atoms with Gasteiger partial charge in [-0.15, -0.1) is 0 Å². The fourth-order valence-corrected chi connectivity index (χ4v) is 4.90. The van der Waals surface area contributed by atoms with E-state index in [2.05, 4.69) is 9.80 Å². The van der Waals surface area contributed by atoms with Crippen molar-refractivity contribution in [2.24, 2.45) is 0 Å². The molecule has 0 radical (unpaired) electrons. The molecule has 1 aromatic carbocycles. The number of rotatable bonds is 2. The van der Waals surface area contributed by atoms with E-state index in [0.717, 1.165) is 13.1 Å². The maximum atomic E-state index is 13.8. The predicted molar refractivity (Wildman–Crippen MR) is 80.7 cm³/mol. The van der Waals surface area contributed by atoms with Gasteiger partial charge < -0.3 is 0 Å². The number of hydrogen-bond donors (Lipinski definition) is 0. The number of fused-ring (bicyclic) bond motifs is 1. The monoisotopic (exact) mass is 332 g/mol. The van der Waals surface area contributed by atoms with E-state index in [9.17, 15) is 12.8 Å². The molecule has 0 spiro atoms. The lowest BCUT2D eigenvalue weighted by atomic mass is 10.1. The molecule has 2 aliphatic rings. The first-order valence-corrected chi connectivity index (χ1v) is 9.24. The Labute approximate surface area is 129 Å².